The van der Waals surface area contributed by atoms with Crippen LogP contribution in [0.3, 0.4) is 0 Å². The second-order valence-electron chi connectivity index (χ2n) is 4.05. The standard InChI is InChI=1S/C13H13Cl2N3O/c1-9(10-6-16-18(2)7-10)17-19-8-11-12(14)4-3-5-13(11)15/h3-7H,8H2,1-2H3/b17-9+. The van der Waals surface area contributed by atoms with Crippen molar-refractivity contribution in [1.29, 1.82) is 0 Å². The zero-order valence-corrected chi connectivity index (χ0v) is 12.1. The van der Waals surface area contributed by atoms with E-state index in [-0.39, 0.29) is 6.61 Å². The van der Waals surface area contributed by atoms with Crippen LogP contribution < -0.4 is 0 Å². The van der Waals surface area contributed by atoms with E-state index < -0.39 is 0 Å². The van der Waals surface area contributed by atoms with Gasteiger partial charge in [-0.25, -0.2) is 0 Å². The number of rotatable bonds is 4. The van der Waals surface area contributed by atoms with Gasteiger partial charge in [-0.2, -0.15) is 5.10 Å². The van der Waals surface area contributed by atoms with E-state index in [1.165, 1.54) is 0 Å². The summed E-state index contributed by atoms with van der Waals surface area (Å²) in [7, 11) is 1.85. The van der Waals surface area contributed by atoms with Crippen molar-refractivity contribution in [2.75, 3.05) is 0 Å². The van der Waals surface area contributed by atoms with Crippen LogP contribution in [0.4, 0.5) is 0 Å². The SMILES string of the molecule is C/C(=N\OCc1c(Cl)cccc1Cl)c1cnn(C)c1. The van der Waals surface area contributed by atoms with Crippen LogP contribution in [-0.2, 0) is 18.5 Å². The van der Waals surface area contributed by atoms with Gasteiger partial charge in [-0.3, -0.25) is 4.68 Å². The van der Waals surface area contributed by atoms with E-state index in [0.717, 1.165) is 16.8 Å². The molecule has 100 valence electrons. The number of nitrogens with zero attached hydrogens (tertiary/aromatic N) is 3. The Labute approximate surface area is 121 Å². The van der Waals surface area contributed by atoms with Gasteiger partial charge in [0.2, 0.25) is 0 Å². The van der Waals surface area contributed by atoms with E-state index in [0.29, 0.717) is 10.0 Å². The van der Waals surface area contributed by atoms with Crippen molar-refractivity contribution in [1.82, 2.24) is 9.78 Å². The molecule has 0 N–H and O–H groups in total. The topological polar surface area (TPSA) is 39.4 Å². The molecule has 1 heterocycles. The van der Waals surface area contributed by atoms with Crippen LogP contribution in [0.1, 0.15) is 18.1 Å². The van der Waals surface area contributed by atoms with Crippen LogP contribution in [0.5, 0.6) is 0 Å². The molecule has 0 unspecified atom stereocenters. The van der Waals surface area contributed by atoms with Gasteiger partial charge in [0.25, 0.3) is 0 Å². The van der Waals surface area contributed by atoms with E-state index >= 15 is 0 Å². The Hall–Kier alpha value is -1.52. The van der Waals surface area contributed by atoms with Gasteiger partial charge in [0, 0.05) is 34.4 Å². The normalized spacial score (nSPS) is 11.7. The van der Waals surface area contributed by atoms with Crippen LogP contribution in [0.25, 0.3) is 0 Å². The molecule has 0 aliphatic heterocycles. The summed E-state index contributed by atoms with van der Waals surface area (Å²) >= 11 is 12.1. The average Bonchev–Trinajstić information content (AvgIpc) is 2.79. The fourth-order valence-corrected chi connectivity index (χ4v) is 2.03. The lowest BCUT2D eigenvalue weighted by atomic mass is 10.2. The molecule has 0 radical (unpaired) electrons. The van der Waals surface area contributed by atoms with Crippen molar-refractivity contribution in [2.45, 2.75) is 13.5 Å². The summed E-state index contributed by atoms with van der Waals surface area (Å²) < 4.78 is 1.71. The molecular weight excluding hydrogens is 285 g/mol. The first-order valence-corrected chi connectivity index (χ1v) is 6.42. The van der Waals surface area contributed by atoms with Gasteiger partial charge in [0.15, 0.2) is 0 Å². The average molecular weight is 298 g/mol. The first-order chi connectivity index (χ1) is 9.08. The Balaban J connectivity index is 2.03. The van der Waals surface area contributed by atoms with Gasteiger partial charge in [0.1, 0.15) is 6.61 Å². The van der Waals surface area contributed by atoms with E-state index in [1.54, 1.807) is 29.1 Å². The highest BCUT2D eigenvalue weighted by Gasteiger charge is 2.06. The molecule has 6 heteroatoms. The number of benzene rings is 1. The summed E-state index contributed by atoms with van der Waals surface area (Å²) in [5.41, 5.74) is 2.39. The molecular formula is C13H13Cl2N3O. The molecule has 0 saturated carbocycles. The molecule has 2 rings (SSSR count). The van der Waals surface area contributed by atoms with E-state index in [1.807, 2.05) is 20.2 Å². The predicted molar refractivity (Wildman–Crippen MR) is 76.7 cm³/mol. The number of aryl methyl sites for hydroxylation is 1. The van der Waals surface area contributed by atoms with E-state index in [4.69, 9.17) is 28.0 Å². The maximum atomic E-state index is 6.04. The maximum Gasteiger partial charge on any atom is 0.145 e. The van der Waals surface area contributed by atoms with Crippen molar-refractivity contribution in [3.63, 3.8) is 0 Å². The van der Waals surface area contributed by atoms with Gasteiger partial charge in [-0.15, -0.1) is 0 Å². The summed E-state index contributed by atoms with van der Waals surface area (Å²) in [6.07, 6.45) is 3.59. The highest BCUT2D eigenvalue weighted by Crippen LogP contribution is 2.24. The maximum absolute atomic E-state index is 6.04. The summed E-state index contributed by atoms with van der Waals surface area (Å²) in [5.74, 6) is 0. The summed E-state index contributed by atoms with van der Waals surface area (Å²) in [6.45, 7) is 2.08. The number of aromatic nitrogens is 2. The lowest BCUT2D eigenvalue weighted by Crippen LogP contribution is -1.96. The third-order valence-electron chi connectivity index (χ3n) is 2.59. The largest absolute Gasteiger partial charge is 0.391 e. The highest BCUT2D eigenvalue weighted by molar-refractivity contribution is 6.35. The zero-order valence-electron chi connectivity index (χ0n) is 10.6. The quantitative estimate of drug-likeness (QED) is 0.638. The molecule has 2 aromatic rings. The van der Waals surface area contributed by atoms with Crippen LogP contribution in [0.2, 0.25) is 10.0 Å². The molecule has 0 aliphatic rings. The van der Waals surface area contributed by atoms with Crippen LogP contribution >= 0.6 is 23.2 Å². The number of oxime groups is 1. The van der Waals surface area contributed by atoms with Crippen molar-refractivity contribution in [3.05, 3.63) is 51.8 Å². The predicted octanol–water partition coefficient (Wildman–Crippen LogP) is 3.67. The van der Waals surface area contributed by atoms with Gasteiger partial charge in [-0.1, -0.05) is 34.4 Å². The Morgan fingerprint density at radius 1 is 1.37 bits per heavy atom. The van der Waals surface area contributed by atoms with Gasteiger partial charge in [-0.05, 0) is 19.1 Å². The minimum Gasteiger partial charge on any atom is -0.391 e. The molecule has 0 spiro atoms. The molecule has 0 atom stereocenters. The summed E-state index contributed by atoms with van der Waals surface area (Å²) in [6, 6.07) is 5.33. The van der Waals surface area contributed by atoms with Crippen molar-refractivity contribution in [3.8, 4) is 0 Å². The lowest BCUT2D eigenvalue weighted by molar-refractivity contribution is 0.130. The monoisotopic (exact) mass is 297 g/mol. The van der Waals surface area contributed by atoms with Crippen LogP contribution in [0, 0.1) is 0 Å². The number of halogens is 2. The Morgan fingerprint density at radius 3 is 2.63 bits per heavy atom. The molecule has 0 fully saturated rings. The smallest absolute Gasteiger partial charge is 0.145 e. The molecule has 19 heavy (non-hydrogen) atoms. The van der Waals surface area contributed by atoms with Gasteiger partial charge >= 0.3 is 0 Å². The zero-order chi connectivity index (χ0) is 13.8. The fourth-order valence-electron chi connectivity index (χ4n) is 1.52. The first-order valence-electron chi connectivity index (χ1n) is 5.66. The molecule has 1 aromatic carbocycles. The molecule has 0 saturated heterocycles. The second-order valence-corrected chi connectivity index (χ2v) is 4.87. The van der Waals surface area contributed by atoms with E-state index in [2.05, 4.69) is 10.3 Å². The molecule has 4 nitrogen and oxygen atoms in total. The molecule has 0 aliphatic carbocycles. The summed E-state index contributed by atoms with van der Waals surface area (Å²) in [5, 5.41) is 9.24. The number of hydrogen-bond acceptors (Lipinski definition) is 3. The van der Waals surface area contributed by atoms with Crippen molar-refractivity contribution >= 4 is 28.9 Å². The van der Waals surface area contributed by atoms with Gasteiger partial charge in [0.05, 0.1) is 11.9 Å². The highest BCUT2D eigenvalue weighted by atomic mass is 35.5. The minimum atomic E-state index is 0.232. The minimum absolute atomic E-state index is 0.232. The van der Waals surface area contributed by atoms with Crippen molar-refractivity contribution < 1.29 is 4.84 Å². The van der Waals surface area contributed by atoms with Crippen LogP contribution in [0.15, 0.2) is 35.7 Å². The Bertz CT molecular complexity index is 587. The fraction of sp³-hybridized carbons (Fsp3) is 0.231. The summed E-state index contributed by atoms with van der Waals surface area (Å²) in [4.78, 5) is 5.29. The lowest BCUT2D eigenvalue weighted by Gasteiger charge is -2.05. The molecule has 1 aromatic heterocycles. The molecule has 0 bridgehead atoms. The molecule has 0 amide bonds. The Morgan fingerprint density at radius 2 is 2.05 bits per heavy atom. The third kappa shape index (κ3) is 3.49. The first kappa shape index (κ1) is 13.9. The van der Waals surface area contributed by atoms with Crippen molar-refractivity contribution in [2.24, 2.45) is 12.2 Å². The number of hydrogen-bond donors (Lipinski definition) is 0. The second kappa shape index (κ2) is 6.08. The van der Waals surface area contributed by atoms with Crippen LogP contribution in [-0.4, -0.2) is 15.5 Å². The third-order valence-corrected chi connectivity index (χ3v) is 3.30. The van der Waals surface area contributed by atoms with Gasteiger partial charge < -0.3 is 4.84 Å². The Kier molecular flexibility index (Phi) is 4.45. The van der Waals surface area contributed by atoms with E-state index in [9.17, 15) is 0 Å².